The van der Waals surface area contributed by atoms with Crippen LogP contribution in [-0.2, 0) is 6.54 Å². The minimum atomic E-state index is -0.479. The van der Waals surface area contributed by atoms with Gasteiger partial charge in [0.05, 0.1) is 39.5 Å². The zero-order valence-corrected chi connectivity index (χ0v) is 24.0. The topological polar surface area (TPSA) is 95.0 Å². The molecule has 4 heterocycles. The number of fused-ring (bicyclic) bond motifs is 2. The summed E-state index contributed by atoms with van der Waals surface area (Å²) < 4.78 is 19.0. The number of carbonyl (C=O) groups excluding carboxylic acids is 1. The summed E-state index contributed by atoms with van der Waals surface area (Å²) in [5, 5.41) is 0. The van der Waals surface area contributed by atoms with E-state index in [1.807, 2.05) is 42.7 Å². The first-order valence-corrected chi connectivity index (χ1v) is 14.2. The number of imidazole rings is 2. The van der Waals surface area contributed by atoms with E-state index >= 15 is 0 Å². The summed E-state index contributed by atoms with van der Waals surface area (Å²) in [7, 11) is 1.72. The van der Waals surface area contributed by atoms with Gasteiger partial charge in [0.2, 0.25) is 0 Å². The van der Waals surface area contributed by atoms with Crippen molar-refractivity contribution in [3.8, 4) is 5.69 Å². The standard InChI is InChI=1S/C30H32FN7O2S/c1-18(2)35(3)28(39)22-14-20(31)7-9-25(22)38-27-15-32-11-10-26(27)37(30(38)41)21-5-4-12-36(17-21)16-19-6-8-23-24(13-19)34-29(40)33-23/h6-11,13-15,18,21H,4-5,12,16-17H2,1-3H3,(H2,33,34,40). The fourth-order valence-electron chi connectivity index (χ4n) is 5.78. The summed E-state index contributed by atoms with van der Waals surface area (Å²) in [6.07, 6.45) is 5.43. The van der Waals surface area contributed by atoms with Gasteiger partial charge in [-0.1, -0.05) is 6.07 Å². The lowest BCUT2D eigenvalue weighted by Gasteiger charge is -2.33. The molecule has 1 unspecified atom stereocenters. The quantitative estimate of drug-likeness (QED) is 0.273. The number of aromatic nitrogens is 5. The lowest BCUT2D eigenvalue weighted by molar-refractivity contribution is 0.0754. The SMILES string of the molecule is CC(C)N(C)C(=O)c1cc(F)ccc1-n1c(=S)n(C2CCCN(Cc3ccc4[nH]c(=O)[nH]c4c3)C2)c2ccncc21. The molecule has 212 valence electrons. The van der Waals surface area contributed by atoms with E-state index in [4.69, 9.17) is 12.2 Å². The molecule has 1 saturated heterocycles. The van der Waals surface area contributed by atoms with Gasteiger partial charge in [-0.05, 0) is 87.4 Å². The summed E-state index contributed by atoms with van der Waals surface area (Å²) in [5.41, 5.74) is 4.97. The number of amides is 1. The number of hydrogen-bond donors (Lipinski definition) is 2. The smallest absolute Gasteiger partial charge is 0.323 e. The molecule has 0 bridgehead atoms. The average molecular weight is 574 g/mol. The summed E-state index contributed by atoms with van der Waals surface area (Å²) in [6.45, 7) is 6.31. The monoisotopic (exact) mass is 573 g/mol. The highest BCUT2D eigenvalue weighted by Crippen LogP contribution is 2.32. The van der Waals surface area contributed by atoms with Crippen LogP contribution in [0, 0.1) is 10.6 Å². The predicted octanol–water partition coefficient (Wildman–Crippen LogP) is 5.18. The van der Waals surface area contributed by atoms with Crippen LogP contribution in [-0.4, -0.2) is 66.0 Å². The molecular weight excluding hydrogens is 541 g/mol. The zero-order valence-electron chi connectivity index (χ0n) is 23.2. The highest BCUT2D eigenvalue weighted by molar-refractivity contribution is 7.71. The van der Waals surface area contributed by atoms with E-state index < -0.39 is 5.82 Å². The van der Waals surface area contributed by atoms with Crippen molar-refractivity contribution in [3.05, 3.63) is 87.1 Å². The maximum absolute atomic E-state index is 14.5. The maximum atomic E-state index is 14.5. The highest BCUT2D eigenvalue weighted by Gasteiger charge is 2.27. The molecule has 6 rings (SSSR count). The fourth-order valence-corrected chi connectivity index (χ4v) is 6.22. The van der Waals surface area contributed by atoms with Crippen molar-refractivity contribution in [1.29, 1.82) is 0 Å². The molecule has 1 amide bonds. The predicted molar refractivity (Wildman–Crippen MR) is 160 cm³/mol. The Morgan fingerprint density at radius 3 is 2.76 bits per heavy atom. The second-order valence-corrected chi connectivity index (χ2v) is 11.4. The van der Waals surface area contributed by atoms with Gasteiger partial charge in [-0.2, -0.15) is 0 Å². The van der Waals surface area contributed by atoms with Crippen LogP contribution >= 0.6 is 12.2 Å². The van der Waals surface area contributed by atoms with Crippen LogP contribution in [0.4, 0.5) is 4.39 Å². The van der Waals surface area contributed by atoms with Crippen LogP contribution in [0.5, 0.6) is 0 Å². The molecule has 0 radical (unpaired) electrons. The first kappa shape index (κ1) is 27.1. The molecular formula is C30H32FN7O2S. The molecule has 9 nitrogen and oxygen atoms in total. The molecule has 2 N–H and O–H groups in total. The number of H-pyrrole nitrogens is 2. The van der Waals surface area contributed by atoms with Gasteiger partial charge in [0.1, 0.15) is 5.82 Å². The lowest BCUT2D eigenvalue weighted by Crippen LogP contribution is -2.36. The van der Waals surface area contributed by atoms with E-state index in [9.17, 15) is 14.0 Å². The number of pyridine rings is 1. The number of nitrogens with zero attached hydrogens (tertiary/aromatic N) is 5. The molecule has 1 aliphatic heterocycles. The molecule has 2 aromatic carbocycles. The third kappa shape index (κ3) is 5.00. The summed E-state index contributed by atoms with van der Waals surface area (Å²) in [6, 6.07) is 12.2. The van der Waals surface area contributed by atoms with E-state index in [1.54, 1.807) is 30.4 Å². The Kier molecular flexibility index (Phi) is 7.08. The van der Waals surface area contributed by atoms with Gasteiger partial charge in [0.25, 0.3) is 5.91 Å². The maximum Gasteiger partial charge on any atom is 0.323 e. The van der Waals surface area contributed by atoms with Crippen LogP contribution in [0.25, 0.3) is 27.8 Å². The Morgan fingerprint density at radius 2 is 1.95 bits per heavy atom. The number of carbonyl (C=O) groups is 1. The van der Waals surface area contributed by atoms with Gasteiger partial charge >= 0.3 is 5.69 Å². The van der Waals surface area contributed by atoms with Gasteiger partial charge in [0.15, 0.2) is 4.77 Å². The van der Waals surface area contributed by atoms with Crippen molar-refractivity contribution in [1.82, 2.24) is 33.9 Å². The lowest BCUT2D eigenvalue weighted by atomic mass is 10.0. The van der Waals surface area contributed by atoms with Crippen LogP contribution in [0.2, 0.25) is 0 Å². The number of halogens is 1. The summed E-state index contributed by atoms with van der Waals surface area (Å²) >= 11 is 6.10. The van der Waals surface area contributed by atoms with E-state index in [1.165, 1.54) is 12.1 Å². The molecule has 1 atom stereocenters. The largest absolute Gasteiger partial charge is 0.339 e. The fraction of sp³-hybridized carbons (Fsp3) is 0.333. The number of nitrogens with one attached hydrogen (secondary N) is 2. The third-order valence-corrected chi connectivity index (χ3v) is 8.41. The van der Waals surface area contributed by atoms with Crippen molar-refractivity contribution in [3.63, 3.8) is 0 Å². The number of piperidine rings is 1. The van der Waals surface area contributed by atoms with Crippen molar-refractivity contribution in [2.75, 3.05) is 20.1 Å². The van der Waals surface area contributed by atoms with Gasteiger partial charge in [0, 0.05) is 38.4 Å². The first-order valence-electron chi connectivity index (χ1n) is 13.8. The molecule has 3 aromatic heterocycles. The van der Waals surface area contributed by atoms with Gasteiger partial charge in [-0.3, -0.25) is 19.2 Å². The Hall–Kier alpha value is -4.09. The average Bonchev–Trinajstić information content (AvgIpc) is 3.47. The van der Waals surface area contributed by atoms with Crippen molar-refractivity contribution >= 4 is 40.2 Å². The Balaban J connectivity index is 1.38. The molecule has 41 heavy (non-hydrogen) atoms. The normalized spacial score (nSPS) is 16.2. The molecule has 0 aliphatic carbocycles. The second kappa shape index (κ2) is 10.7. The molecule has 0 spiro atoms. The number of benzene rings is 2. The van der Waals surface area contributed by atoms with Crippen LogP contribution in [0.15, 0.2) is 59.7 Å². The Labute approximate surface area is 241 Å². The summed E-state index contributed by atoms with van der Waals surface area (Å²) in [4.78, 5) is 39.1. The van der Waals surface area contributed by atoms with Gasteiger partial charge in [-0.25, -0.2) is 9.18 Å². The van der Waals surface area contributed by atoms with E-state index in [0.717, 1.165) is 60.1 Å². The highest BCUT2D eigenvalue weighted by atomic mass is 32.1. The van der Waals surface area contributed by atoms with E-state index in [0.29, 0.717) is 10.5 Å². The summed E-state index contributed by atoms with van der Waals surface area (Å²) in [5.74, 6) is -0.752. The van der Waals surface area contributed by atoms with Gasteiger partial charge < -0.3 is 19.4 Å². The van der Waals surface area contributed by atoms with Crippen molar-refractivity contribution in [2.45, 2.75) is 45.3 Å². The third-order valence-electron chi connectivity index (χ3n) is 8.03. The van der Waals surface area contributed by atoms with Crippen LogP contribution in [0.1, 0.15) is 48.7 Å². The van der Waals surface area contributed by atoms with Crippen molar-refractivity contribution < 1.29 is 9.18 Å². The van der Waals surface area contributed by atoms with Crippen molar-refractivity contribution in [2.24, 2.45) is 0 Å². The minimum Gasteiger partial charge on any atom is -0.339 e. The number of rotatable bonds is 6. The van der Waals surface area contributed by atoms with Crippen LogP contribution < -0.4 is 5.69 Å². The number of likely N-dealkylation sites (tertiary alicyclic amines) is 1. The molecule has 5 aromatic rings. The minimum absolute atomic E-state index is 0.0546. The molecule has 11 heteroatoms. The molecule has 1 aliphatic rings. The Bertz CT molecular complexity index is 1890. The number of aromatic amines is 2. The second-order valence-electron chi connectivity index (χ2n) is 11.0. The van der Waals surface area contributed by atoms with Crippen LogP contribution in [0.3, 0.4) is 0 Å². The molecule has 1 fully saturated rings. The molecule has 0 saturated carbocycles. The zero-order chi connectivity index (χ0) is 28.8. The number of hydrogen-bond acceptors (Lipinski definition) is 5. The van der Waals surface area contributed by atoms with Gasteiger partial charge in [-0.15, -0.1) is 0 Å². The van der Waals surface area contributed by atoms with E-state index in [2.05, 4.69) is 24.4 Å². The Morgan fingerprint density at radius 1 is 1.15 bits per heavy atom. The first-order chi connectivity index (χ1) is 19.7. The van der Waals surface area contributed by atoms with E-state index in [-0.39, 0.29) is 29.2 Å².